The second-order valence-corrected chi connectivity index (χ2v) is 4.83. The average molecular weight is 314 g/mol. The van der Waals surface area contributed by atoms with Crippen LogP contribution in [0.4, 0.5) is 0 Å². The van der Waals surface area contributed by atoms with E-state index >= 15 is 0 Å². The molecule has 9 nitrogen and oxygen atoms in total. The van der Waals surface area contributed by atoms with E-state index in [9.17, 15) is 19.2 Å². The number of amides is 2. The summed E-state index contributed by atoms with van der Waals surface area (Å²) in [6.45, 7) is 0.302. The van der Waals surface area contributed by atoms with Crippen LogP contribution in [0, 0.1) is 0 Å². The lowest BCUT2D eigenvalue weighted by Crippen LogP contribution is -2.45. The summed E-state index contributed by atoms with van der Waals surface area (Å²) in [7, 11) is 0. The zero-order chi connectivity index (χ0) is 16.4. The fourth-order valence-electron chi connectivity index (χ4n) is 2.08. The molecule has 1 unspecified atom stereocenters. The van der Waals surface area contributed by atoms with E-state index in [0.29, 0.717) is 19.1 Å². The highest BCUT2D eigenvalue weighted by Gasteiger charge is 2.32. The summed E-state index contributed by atoms with van der Waals surface area (Å²) in [4.78, 5) is 44.6. The summed E-state index contributed by atoms with van der Waals surface area (Å²) >= 11 is 0. The Morgan fingerprint density at radius 1 is 1.23 bits per heavy atom. The third-order valence-electron chi connectivity index (χ3n) is 3.21. The topological polar surface area (TPSA) is 140 Å². The first kappa shape index (κ1) is 18.2. The van der Waals surface area contributed by atoms with Crippen molar-refractivity contribution < 1.29 is 23.9 Å². The highest BCUT2D eigenvalue weighted by atomic mass is 16.5. The van der Waals surface area contributed by atoms with Gasteiger partial charge >= 0.3 is 0 Å². The summed E-state index contributed by atoms with van der Waals surface area (Å²) in [5.74, 6) is -0.708. The molecule has 0 saturated carbocycles. The molecule has 0 radical (unpaired) electrons. The number of carbonyl (C=O) groups excluding carboxylic acids is 4. The van der Waals surface area contributed by atoms with Gasteiger partial charge in [-0.25, -0.2) is 0 Å². The molecule has 0 aromatic rings. The quantitative estimate of drug-likeness (QED) is 0.250. The third kappa shape index (κ3) is 6.29. The lowest BCUT2D eigenvalue weighted by molar-refractivity contribution is -0.126. The first-order valence-corrected chi connectivity index (χ1v) is 7.13. The van der Waals surface area contributed by atoms with Crippen molar-refractivity contribution in [3.05, 3.63) is 0 Å². The second kappa shape index (κ2) is 9.98. The maximum Gasteiger partial charge on any atom is 0.237 e. The Kier molecular flexibility index (Phi) is 8.26. The number of ether oxygens (including phenoxy) is 1. The molecule has 1 aliphatic rings. The Hall–Kier alpha value is -1.84. The number of carbonyl (C=O) groups is 4. The molecular weight excluding hydrogens is 292 g/mol. The number of hydrogen-bond donors (Lipinski definition) is 4. The van der Waals surface area contributed by atoms with E-state index in [2.05, 4.69) is 16.0 Å². The van der Waals surface area contributed by atoms with Gasteiger partial charge in [0.15, 0.2) is 5.78 Å². The van der Waals surface area contributed by atoms with Gasteiger partial charge in [0.25, 0.3) is 0 Å². The van der Waals surface area contributed by atoms with Gasteiger partial charge in [-0.1, -0.05) is 0 Å². The number of aldehydes is 1. The Morgan fingerprint density at radius 3 is 2.64 bits per heavy atom. The summed E-state index contributed by atoms with van der Waals surface area (Å²) in [5.41, 5.74) is 5.12. The molecule has 2 atom stereocenters. The molecule has 9 heteroatoms. The maximum atomic E-state index is 11.9. The van der Waals surface area contributed by atoms with Crippen molar-refractivity contribution in [1.29, 1.82) is 0 Å². The van der Waals surface area contributed by atoms with Crippen LogP contribution in [0.2, 0.25) is 0 Å². The van der Waals surface area contributed by atoms with Crippen molar-refractivity contribution >= 4 is 23.9 Å². The molecule has 22 heavy (non-hydrogen) atoms. The Bertz CT molecular complexity index is 415. The minimum absolute atomic E-state index is 0.0345. The van der Waals surface area contributed by atoms with Crippen LogP contribution in [0.3, 0.4) is 0 Å². The molecule has 1 saturated heterocycles. The molecule has 1 fully saturated rings. The monoisotopic (exact) mass is 314 g/mol. The van der Waals surface area contributed by atoms with E-state index in [4.69, 9.17) is 10.5 Å². The smallest absolute Gasteiger partial charge is 0.237 e. The van der Waals surface area contributed by atoms with Gasteiger partial charge in [0.2, 0.25) is 11.8 Å². The zero-order valence-corrected chi connectivity index (χ0v) is 12.3. The van der Waals surface area contributed by atoms with Gasteiger partial charge in [-0.15, -0.1) is 0 Å². The molecule has 0 aromatic heterocycles. The minimum atomic E-state index is -0.460. The van der Waals surface area contributed by atoms with Crippen LogP contribution in [0.5, 0.6) is 0 Å². The average Bonchev–Trinajstić information content (AvgIpc) is 3.01. The standard InChI is InChI=1S/C13H22N4O5/c14-7-12(20)15-4-6-22-8-11(19)9-1-2-10(17-9)13(21)16-3-5-18/h5,9-10,17H,1-4,6-8,14H2,(H,15,20)(H,16,21)/t9?,10-/m0/s1. The molecule has 0 spiro atoms. The van der Waals surface area contributed by atoms with Crippen molar-refractivity contribution in [2.24, 2.45) is 5.73 Å². The molecular formula is C13H22N4O5. The van der Waals surface area contributed by atoms with Crippen molar-refractivity contribution in [3.8, 4) is 0 Å². The van der Waals surface area contributed by atoms with Crippen LogP contribution < -0.4 is 21.7 Å². The molecule has 5 N–H and O–H groups in total. The summed E-state index contributed by atoms with van der Waals surface area (Å²) in [6, 6.07) is -0.886. The third-order valence-corrected chi connectivity index (χ3v) is 3.21. The fraction of sp³-hybridized carbons (Fsp3) is 0.692. The lowest BCUT2D eigenvalue weighted by Gasteiger charge is -2.13. The van der Waals surface area contributed by atoms with E-state index in [1.807, 2.05) is 0 Å². The lowest BCUT2D eigenvalue weighted by atomic mass is 10.1. The Balaban J connectivity index is 2.17. The van der Waals surface area contributed by atoms with E-state index in [1.54, 1.807) is 0 Å². The maximum absolute atomic E-state index is 11.9. The molecule has 0 aromatic carbocycles. The molecule has 0 aliphatic carbocycles. The van der Waals surface area contributed by atoms with Crippen molar-refractivity contribution in [2.75, 3.05) is 32.8 Å². The van der Waals surface area contributed by atoms with Crippen molar-refractivity contribution in [1.82, 2.24) is 16.0 Å². The van der Waals surface area contributed by atoms with Gasteiger partial charge in [0.05, 0.1) is 31.8 Å². The summed E-state index contributed by atoms with van der Waals surface area (Å²) in [5, 5.41) is 7.89. The van der Waals surface area contributed by atoms with Crippen molar-refractivity contribution in [2.45, 2.75) is 24.9 Å². The normalized spacial score (nSPS) is 20.4. The number of nitrogens with two attached hydrogens (primary N) is 1. The van der Waals surface area contributed by atoms with Crippen LogP contribution >= 0.6 is 0 Å². The van der Waals surface area contributed by atoms with Crippen LogP contribution in [-0.4, -0.2) is 68.8 Å². The number of nitrogens with one attached hydrogen (secondary N) is 3. The van der Waals surface area contributed by atoms with Gasteiger partial charge in [0.1, 0.15) is 12.9 Å². The van der Waals surface area contributed by atoms with Gasteiger partial charge in [0, 0.05) is 6.54 Å². The summed E-state index contributed by atoms with van der Waals surface area (Å²) in [6.07, 6.45) is 1.69. The second-order valence-electron chi connectivity index (χ2n) is 4.83. The molecule has 0 bridgehead atoms. The number of hydrogen-bond acceptors (Lipinski definition) is 7. The molecule has 1 aliphatic heterocycles. The first-order chi connectivity index (χ1) is 10.6. The van der Waals surface area contributed by atoms with Gasteiger partial charge in [-0.3, -0.25) is 19.7 Å². The highest BCUT2D eigenvalue weighted by Crippen LogP contribution is 2.13. The van der Waals surface area contributed by atoms with Crippen LogP contribution in [0.1, 0.15) is 12.8 Å². The molecule has 2 amide bonds. The zero-order valence-electron chi connectivity index (χ0n) is 12.3. The SMILES string of the molecule is NCC(=O)NCCOCC(=O)C1CC[C@@H](C(=O)NCC=O)N1. The Labute approximate surface area is 128 Å². The molecule has 124 valence electrons. The van der Waals surface area contributed by atoms with E-state index in [-0.39, 0.29) is 50.4 Å². The minimum Gasteiger partial charge on any atom is -0.372 e. The van der Waals surface area contributed by atoms with Gasteiger partial charge < -0.3 is 25.9 Å². The molecule has 1 rings (SSSR count). The van der Waals surface area contributed by atoms with E-state index in [0.717, 1.165) is 0 Å². The predicted molar refractivity (Wildman–Crippen MR) is 76.9 cm³/mol. The summed E-state index contributed by atoms with van der Waals surface area (Å²) < 4.78 is 5.17. The number of Topliss-reactive ketones (excluding diaryl/α,β-unsaturated/α-hetero) is 1. The predicted octanol–water partition coefficient (Wildman–Crippen LogP) is -2.92. The van der Waals surface area contributed by atoms with Crippen LogP contribution in [0.15, 0.2) is 0 Å². The van der Waals surface area contributed by atoms with Gasteiger partial charge in [-0.05, 0) is 12.8 Å². The fourth-order valence-corrected chi connectivity index (χ4v) is 2.08. The number of ketones is 1. The van der Waals surface area contributed by atoms with Gasteiger partial charge in [-0.2, -0.15) is 0 Å². The molecule has 1 heterocycles. The van der Waals surface area contributed by atoms with E-state index in [1.165, 1.54) is 0 Å². The van der Waals surface area contributed by atoms with Crippen LogP contribution in [0.25, 0.3) is 0 Å². The number of rotatable bonds is 10. The van der Waals surface area contributed by atoms with E-state index < -0.39 is 12.1 Å². The Morgan fingerprint density at radius 2 is 1.95 bits per heavy atom. The highest BCUT2D eigenvalue weighted by molar-refractivity contribution is 5.89. The largest absolute Gasteiger partial charge is 0.372 e. The van der Waals surface area contributed by atoms with Crippen LogP contribution in [-0.2, 0) is 23.9 Å². The van der Waals surface area contributed by atoms with Crippen molar-refractivity contribution in [3.63, 3.8) is 0 Å². The first-order valence-electron chi connectivity index (χ1n) is 7.13.